The fourth-order valence-corrected chi connectivity index (χ4v) is 3.45. The molecule has 0 aliphatic carbocycles. The van der Waals surface area contributed by atoms with E-state index in [-0.39, 0.29) is 0 Å². The Labute approximate surface area is 120 Å². The summed E-state index contributed by atoms with van der Waals surface area (Å²) < 4.78 is 1.10. The summed E-state index contributed by atoms with van der Waals surface area (Å²) >= 11 is 5.27. The first-order valence-corrected chi connectivity index (χ1v) is 7.54. The van der Waals surface area contributed by atoms with Crippen molar-refractivity contribution < 1.29 is 0 Å². The van der Waals surface area contributed by atoms with Gasteiger partial charge in [0.25, 0.3) is 0 Å². The van der Waals surface area contributed by atoms with Gasteiger partial charge in [-0.1, -0.05) is 36.5 Å². The van der Waals surface area contributed by atoms with Crippen LogP contribution >= 0.6 is 27.3 Å². The second kappa shape index (κ2) is 5.91. The molecule has 0 saturated heterocycles. The van der Waals surface area contributed by atoms with Crippen LogP contribution in [0, 0.1) is 6.92 Å². The van der Waals surface area contributed by atoms with E-state index in [1.165, 1.54) is 5.56 Å². The van der Waals surface area contributed by atoms with Crippen LogP contribution in [-0.4, -0.2) is 17.2 Å². The highest BCUT2D eigenvalue weighted by Gasteiger charge is 2.15. The average molecular weight is 326 g/mol. The zero-order chi connectivity index (χ0) is 13.1. The highest BCUT2D eigenvalue weighted by molar-refractivity contribution is 9.10. The number of nitrogens with one attached hydrogen (secondary N) is 1. The summed E-state index contributed by atoms with van der Waals surface area (Å²) in [5, 5.41) is 13.9. The molecular weight excluding hydrogens is 310 g/mol. The summed E-state index contributed by atoms with van der Waals surface area (Å²) in [7, 11) is 1.96. The summed E-state index contributed by atoms with van der Waals surface area (Å²) in [4.78, 5) is 0. The van der Waals surface area contributed by atoms with E-state index in [9.17, 15) is 0 Å². The Morgan fingerprint density at radius 2 is 2.17 bits per heavy atom. The van der Waals surface area contributed by atoms with Crippen molar-refractivity contribution in [3.63, 3.8) is 0 Å². The van der Waals surface area contributed by atoms with Gasteiger partial charge in [-0.25, -0.2) is 0 Å². The number of halogens is 1. The maximum Gasteiger partial charge on any atom is 0.149 e. The second-order valence-corrected chi connectivity index (χ2v) is 5.93. The zero-order valence-corrected chi connectivity index (χ0v) is 13.1. The van der Waals surface area contributed by atoms with Crippen LogP contribution in [0.1, 0.15) is 30.0 Å². The van der Waals surface area contributed by atoms with E-state index >= 15 is 0 Å². The number of benzene rings is 1. The minimum absolute atomic E-state index is 0.292. The van der Waals surface area contributed by atoms with E-state index in [4.69, 9.17) is 0 Å². The van der Waals surface area contributed by atoms with Gasteiger partial charge in [0.1, 0.15) is 10.0 Å². The quantitative estimate of drug-likeness (QED) is 0.924. The molecule has 96 valence electrons. The maximum atomic E-state index is 4.30. The minimum atomic E-state index is 0.292. The largest absolute Gasteiger partial charge is 0.311 e. The van der Waals surface area contributed by atoms with Crippen molar-refractivity contribution in [2.45, 2.75) is 26.3 Å². The number of nitrogens with zero attached hydrogens (tertiary/aromatic N) is 2. The predicted molar refractivity (Wildman–Crippen MR) is 79.9 cm³/mol. The lowest BCUT2D eigenvalue weighted by molar-refractivity contribution is 0.568. The van der Waals surface area contributed by atoms with Crippen molar-refractivity contribution in [1.82, 2.24) is 15.5 Å². The Morgan fingerprint density at radius 3 is 2.83 bits per heavy atom. The lowest BCUT2D eigenvalue weighted by Crippen LogP contribution is -2.14. The van der Waals surface area contributed by atoms with Gasteiger partial charge in [0.05, 0.1) is 6.04 Å². The van der Waals surface area contributed by atoms with Crippen LogP contribution in [0.15, 0.2) is 22.7 Å². The monoisotopic (exact) mass is 325 g/mol. The van der Waals surface area contributed by atoms with Gasteiger partial charge < -0.3 is 5.32 Å². The molecule has 0 bridgehead atoms. The zero-order valence-electron chi connectivity index (χ0n) is 10.7. The molecule has 0 spiro atoms. The standard InChI is InChI=1S/C13H16BrN3S/c1-4-10(15-3)13-17-16-12(18-13)9-7-5-6-8(2)11(9)14/h5-7,10,15H,4H2,1-3H3. The van der Waals surface area contributed by atoms with Crippen molar-refractivity contribution in [2.75, 3.05) is 7.05 Å². The summed E-state index contributed by atoms with van der Waals surface area (Å²) in [5.41, 5.74) is 2.33. The van der Waals surface area contributed by atoms with Gasteiger partial charge in [0.2, 0.25) is 0 Å². The topological polar surface area (TPSA) is 37.8 Å². The predicted octanol–water partition coefficient (Wildman–Crippen LogP) is 3.95. The highest BCUT2D eigenvalue weighted by Crippen LogP contribution is 2.34. The van der Waals surface area contributed by atoms with Crippen molar-refractivity contribution in [1.29, 1.82) is 0 Å². The molecule has 2 rings (SSSR count). The Balaban J connectivity index is 2.38. The van der Waals surface area contributed by atoms with Crippen molar-refractivity contribution >= 4 is 27.3 Å². The minimum Gasteiger partial charge on any atom is -0.311 e. The number of hydrogen-bond acceptors (Lipinski definition) is 4. The molecule has 2 aromatic rings. The van der Waals surface area contributed by atoms with Crippen LogP contribution in [0.3, 0.4) is 0 Å². The van der Waals surface area contributed by atoms with Crippen molar-refractivity contribution in [2.24, 2.45) is 0 Å². The van der Waals surface area contributed by atoms with E-state index in [1.807, 2.05) is 13.1 Å². The summed E-state index contributed by atoms with van der Waals surface area (Å²) in [6, 6.07) is 6.49. The van der Waals surface area contributed by atoms with Gasteiger partial charge in [0.15, 0.2) is 0 Å². The van der Waals surface area contributed by atoms with Gasteiger partial charge in [-0.05, 0) is 41.9 Å². The van der Waals surface area contributed by atoms with Gasteiger partial charge >= 0.3 is 0 Å². The van der Waals surface area contributed by atoms with E-state index in [1.54, 1.807) is 11.3 Å². The first-order chi connectivity index (χ1) is 8.67. The summed E-state index contributed by atoms with van der Waals surface area (Å²) in [6.45, 7) is 4.22. The van der Waals surface area contributed by atoms with Crippen LogP contribution in [0.25, 0.3) is 10.6 Å². The molecule has 0 amide bonds. The normalized spacial score (nSPS) is 12.7. The van der Waals surface area contributed by atoms with Crippen LogP contribution in [0.4, 0.5) is 0 Å². The first kappa shape index (κ1) is 13.6. The molecule has 1 aromatic heterocycles. The molecule has 1 atom stereocenters. The molecular formula is C13H16BrN3S. The van der Waals surface area contributed by atoms with Crippen molar-refractivity contribution in [3.8, 4) is 10.6 Å². The van der Waals surface area contributed by atoms with E-state index in [2.05, 4.69) is 57.4 Å². The fraction of sp³-hybridized carbons (Fsp3) is 0.385. The second-order valence-electron chi connectivity index (χ2n) is 4.13. The molecule has 3 nitrogen and oxygen atoms in total. The Bertz CT molecular complexity index is 535. The Hall–Kier alpha value is -0.780. The Kier molecular flexibility index (Phi) is 4.48. The summed E-state index contributed by atoms with van der Waals surface area (Å²) in [5.74, 6) is 0. The number of aryl methyl sites for hydroxylation is 1. The molecule has 1 heterocycles. The molecule has 0 aliphatic heterocycles. The van der Waals surface area contributed by atoms with Gasteiger partial charge in [-0.15, -0.1) is 10.2 Å². The van der Waals surface area contributed by atoms with Gasteiger partial charge in [-0.2, -0.15) is 0 Å². The van der Waals surface area contributed by atoms with E-state index in [0.29, 0.717) is 6.04 Å². The third kappa shape index (κ3) is 2.63. The molecule has 1 N–H and O–H groups in total. The lowest BCUT2D eigenvalue weighted by Gasteiger charge is -2.08. The Morgan fingerprint density at radius 1 is 1.39 bits per heavy atom. The SMILES string of the molecule is CCC(NC)c1nnc(-c2cccc(C)c2Br)s1. The third-order valence-corrected chi connectivity index (χ3v) is 5.04. The first-order valence-electron chi connectivity index (χ1n) is 5.93. The molecule has 1 unspecified atom stereocenters. The van der Waals surface area contributed by atoms with E-state index in [0.717, 1.165) is 26.5 Å². The molecule has 0 fully saturated rings. The third-order valence-electron chi connectivity index (χ3n) is 2.92. The molecule has 5 heteroatoms. The van der Waals surface area contributed by atoms with Gasteiger partial charge in [0, 0.05) is 10.0 Å². The average Bonchev–Trinajstić information content (AvgIpc) is 2.84. The van der Waals surface area contributed by atoms with Crippen LogP contribution in [0.2, 0.25) is 0 Å². The maximum absolute atomic E-state index is 4.30. The molecule has 0 aliphatic rings. The van der Waals surface area contributed by atoms with Crippen LogP contribution < -0.4 is 5.32 Å². The van der Waals surface area contributed by atoms with E-state index < -0.39 is 0 Å². The smallest absolute Gasteiger partial charge is 0.149 e. The van der Waals surface area contributed by atoms with Crippen molar-refractivity contribution in [3.05, 3.63) is 33.2 Å². The van der Waals surface area contributed by atoms with Gasteiger partial charge in [-0.3, -0.25) is 0 Å². The molecule has 0 saturated carbocycles. The number of aromatic nitrogens is 2. The lowest BCUT2D eigenvalue weighted by atomic mass is 10.1. The molecule has 1 aromatic carbocycles. The number of rotatable bonds is 4. The summed E-state index contributed by atoms with van der Waals surface area (Å²) in [6.07, 6.45) is 1.01. The van der Waals surface area contributed by atoms with Crippen LogP contribution in [0.5, 0.6) is 0 Å². The fourth-order valence-electron chi connectivity index (χ4n) is 1.80. The molecule has 0 radical (unpaired) electrons. The number of hydrogen-bond donors (Lipinski definition) is 1. The van der Waals surface area contributed by atoms with Crippen LogP contribution in [-0.2, 0) is 0 Å². The molecule has 18 heavy (non-hydrogen) atoms. The highest BCUT2D eigenvalue weighted by atomic mass is 79.9.